The fourth-order valence-corrected chi connectivity index (χ4v) is 4.18. The maximum Gasteiger partial charge on any atom is 0.419 e. The summed E-state index contributed by atoms with van der Waals surface area (Å²) in [6, 6.07) is 5.27. The van der Waals surface area contributed by atoms with E-state index in [1.54, 1.807) is 6.92 Å². The molecule has 186 valence electrons. The molecule has 0 unspecified atom stereocenters. The van der Waals surface area contributed by atoms with Crippen molar-refractivity contribution in [3.63, 3.8) is 0 Å². The zero-order chi connectivity index (χ0) is 25.3. The summed E-state index contributed by atoms with van der Waals surface area (Å²) in [6.07, 6.45) is -7.15. The maximum atomic E-state index is 13.4. The summed E-state index contributed by atoms with van der Waals surface area (Å²) in [5.41, 5.74) is -3.11. The summed E-state index contributed by atoms with van der Waals surface area (Å²) in [5, 5.41) is 5.58. The second-order valence-electron chi connectivity index (χ2n) is 8.72. The number of rotatable bonds is 5. The Bertz CT molecular complexity index is 1040. The molecule has 1 aliphatic rings. The lowest BCUT2D eigenvalue weighted by molar-refractivity contribution is -0.140. The van der Waals surface area contributed by atoms with Crippen LogP contribution in [-0.4, -0.2) is 18.0 Å². The van der Waals surface area contributed by atoms with Gasteiger partial charge in [-0.1, -0.05) is 11.6 Å². The van der Waals surface area contributed by atoms with Gasteiger partial charge in [-0.15, -0.1) is 0 Å². The van der Waals surface area contributed by atoms with Crippen LogP contribution < -0.4 is 10.6 Å². The van der Waals surface area contributed by atoms with Crippen LogP contribution in [0, 0.1) is 11.7 Å². The normalized spacial score (nSPS) is 21.3. The quantitative estimate of drug-likeness (QED) is 0.414. The van der Waals surface area contributed by atoms with Gasteiger partial charge >= 0.3 is 12.4 Å². The van der Waals surface area contributed by atoms with Crippen molar-refractivity contribution < 1.29 is 35.5 Å². The number of carbonyl (C=O) groups is 1. The van der Waals surface area contributed by atoms with Gasteiger partial charge in [0, 0.05) is 17.8 Å². The molecule has 1 aliphatic carbocycles. The lowest BCUT2D eigenvalue weighted by Gasteiger charge is -2.38. The lowest BCUT2D eigenvalue weighted by Crippen LogP contribution is -2.48. The van der Waals surface area contributed by atoms with Crippen molar-refractivity contribution in [2.24, 2.45) is 5.92 Å². The second-order valence-corrected chi connectivity index (χ2v) is 9.13. The van der Waals surface area contributed by atoms with Gasteiger partial charge in [-0.25, -0.2) is 4.39 Å². The third kappa shape index (κ3) is 6.34. The van der Waals surface area contributed by atoms with Crippen molar-refractivity contribution >= 4 is 23.2 Å². The summed E-state index contributed by atoms with van der Waals surface area (Å²) >= 11 is 5.95. The van der Waals surface area contributed by atoms with Crippen molar-refractivity contribution in [3.8, 4) is 0 Å². The van der Waals surface area contributed by atoms with Crippen molar-refractivity contribution in [2.75, 3.05) is 11.9 Å². The highest BCUT2D eigenvalue weighted by molar-refractivity contribution is 6.33. The van der Waals surface area contributed by atoms with E-state index in [0.717, 1.165) is 24.3 Å². The maximum absolute atomic E-state index is 13.4. The predicted molar refractivity (Wildman–Crippen MR) is 114 cm³/mol. The van der Waals surface area contributed by atoms with Crippen LogP contribution in [0.15, 0.2) is 36.4 Å². The van der Waals surface area contributed by atoms with Crippen LogP contribution in [0.4, 0.5) is 36.4 Å². The molecule has 1 fully saturated rings. The van der Waals surface area contributed by atoms with E-state index in [2.05, 4.69) is 10.6 Å². The van der Waals surface area contributed by atoms with E-state index >= 15 is 0 Å². The Labute approximate surface area is 196 Å². The van der Waals surface area contributed by atoms with E-state index in [-0.39, 0.29) is 22.2 Å². The molecule has 0 atom stereocenters. The number of alkyl halides is 6. The van der Waals surface area contributed by atoms with Crippen molar-refractivity contribution in [1.82, 2.24) is 5.32 Å². The largest absolute Gasteiger partial charge is 0.419 e. The number of benzene rings is 2. The molecule has 3 nitrogen and oxygen atoms in total. The molecule has 3 rings (SSSR count). The third-order valence-corrected chi connectivity index (χ3v) is 6.36. The minimum Gasteiger partial charge on any atom is -0.385 e. The molecule has 2 aromatic carbocycles. The van der Waals surface area contributed by atoms with Gasteiger partial charge < -0.3 is 10.6 Å². The highest BCUT2D eigenvalue weighted by Crippen LogP contribution is 2.36. The Hall–Kier alpha value is -2.49. The summed E-state index contributed by atoms with van der Waals surface area (Å²) in [7, 11) is 0. The zero-order valence-electron chi connectivity index (χ0n) is 18.0. The van der Waals surface area contributed by atoms with E-state index in [0.29, 0.717) is 38.3 Å². The minimum absolute atomic E-state index is 0.0847. The average molecular weight is 511 g/mol. The van der Waals surface area contributed by atoms with Gasteiger partial charge in [0.2, 0.25) is 0 Å². The fraction of sp³-hybridized carbons (Fsp3) is 0.435. The molecule has 0 radical (unpaired) electrons. The molecule has 2 aromatic rings. The molecular formula is C23H22ClF7N2O. The monoisotopic (exact) mass is 510 g/mol. The molecule has 0 saturated heterocycles. The van der Waals surface area contributed by atoms with Gasteiger partial charge in [-0.2, -0.15) is 26.3 Å². The standard InChI is InChI=1S/C23H22ClF7N2O/c1-21(33-20(34)16-10-14(22(26,27)28)2-4-18(16)24)8-6-13(7-9-21)12-32-15-3-5-19(25)17(11-15)23(29,30)31/h2-5,10-11,13,32H,6-9,12H2,1H3,(H,33,34). The van der Waals surface area contributed by atoms with Crippen LogP contribution in [0.2, 0.25) is 5.02 Å². The molecule has 2 N–H and O–H groups in total. The number of amides is 1. The Kier molecular flexibility index (Phi) is 7.40. The van der Waals surface area contributed by atoms with E-state index in [1.165, 1.54) is 6.07 Å². The minimum atomic E-state index is -4.80. The zero-order valence-corrected chi connectivity index (χ0v) is 18.8. The number of carbonyl (C=O) groups excluding carboxylic acids is 1. The number of halogens is 8. The SMILES string of the molecule is CC1(NC(=O)c2cc(C(F)(F)F)ccc2Cl)CCC(CNc2ccc(F)c(C(F)(F)F)c2)CC1. The first kappa shape index (κ1) is 26.1. The van der Waals surface area contributed by atoms with Crippen LogP contribution in [0.1, 0.15) is 54.1 Å². The topological polar surface area (TPSA) is 41.1 Å². The van der Waals surface area contributed by atoms with E-state index in [4.69, 9.17) is 11.6 Å². The Balaban J connectivity index is 1.58. The van der Waals surface area contributed by atoms with Gasteiger partial charge in [-0.05, 0) is 74.9 Å². The Morgan fingerprint density at radius 3 is 2.26 bits per heavy atom. The first-order valence-electron chi connectivity index (χ1n) is 10.5. The first-order chi connectivity index (χ1) is 15.7. The Morgan fingerprint density at radius 1 is 1.03 bits per heavy atom. The molecular weight excluding hydrogens is 489 g/mol. The van der Waals surface area contributed by atoms with Crippen molar-refractivity contribution in [2.45, 2.75) is 50.5 Å². The van der Waals surface area contributed by atoms with Crippen LogP contribution in [-0.2, 0) is 12.4 Å². The summed E-state index contributed by atoms with van der Waals surface area (Å²) in [4.78, 5) is 12.7. The smallest absolute Gasteiger partial charge is 0.385 e. The van der Waals surface area contributed by atoms with Crippen LogP contribution in [0.3, 0.4) is 0 Å². The Morgan fingerprint density at radius 2 is 1.68 bits per heavy atom. The van der Waals surface area contributed by atoms with Gasteiger partial charge in [0.1, 0.15) is 5.82 Å². The van der Waals surface area contributed by atoms with Crippen LogP contribution in [0.25, 0.3) is 0 Å². The third-order valence-electron chi connectivity index (χ3n) is 6.03. The molecule has 11 heteroatoms. The van der Waals surface area contributed by atoms with Crippen molar-refractivity contribution in [1.29, 1.82) is 0 Å². The highest BCUT2D eigenvalue weighted by Gasteiger charge is 2.36. The molecule has 0 aromatic heterocycles. The molecule has 0 spiro atoms. The van der Waals surface area contributed by atoms with Gasteiger partial charge in [0.15, 0.2) is 0 Å². The summed E-state index contributed by atoms with van der Waals surface area (Å²) < 4.78 is 91.0. The van der Waals surface area contributed by atoms with Crippen molar-refractivity contribution in [3.05, 3.63) is 63.9 Å². The molecule has 0 aliphatic heterocycles. The number of nitrogens with one attached hydrogen (secondary N) is 2. The lowest BCUT2D eigenvalue weighted by atomic mass is 9.77. The fourth-order valence-electron chi connectivity index (χ4n) is 3.98. The number of hydrogen-bond acceptors (Lipinski definition) is 2. The summed E-state index contributed by atoms with van der Waals surface area (Å²) in [5.74, 6) is -1.97. The van der Waals surface area contributed by atoms with E-state index < -0.39 is 40.7 Å². The average Bonchev–Trinajstić information content (AvgIpc) is 2.72. The van der Waals surface area contributed by atoms with E-state index in [9.17, 15) is 35.5 Å². The molecule has 0 heterocycles. The molecule has 1 amide bonds. The van der Waals surface area contributed by atoms with Gasteiger partial charge in [0.05, 0.1) is 21.7 Å². The van der Waals surface area contributed by atoms with E-state index in [1.807, 2.05) is 0 Å². The van der Waals surface area contributed by atoms with Gasteiger partial charge in [0.25, 0.3) is 5.91 Å². The molecule has 34 heavy (non-hydrogen) atoms. The number of hydrogen-bond donors (Lipinski definition) is 2. The summed E-state index contributed by atoms with van der Waals surface area (Å²) in [6.45, 7) is 2.14. The molecule has 1 saturated carbocycles. The first-order valence-corrected chi connectivity index (χ1v) is 10.9. The number of anilines is 1. The molecule has 0 bridgehead atoms. The van der Waals surface area contributed by atoms with Crippen LogP contribution in [0.5, 0.6) is 0 Å². The predicted octanol–water partition coefficient (Wildman–Crippen LogP) is 7.31. The second kappa shape index (κ2) is 9.64. The van der Waals surface area contributed by atoms with Crippen LogP contribution >= 0.6 is 11.6 Å². The van der Waals surface area contributed by atoms with Gasteiger partial charge in [-0.3, -0.25) is 4.79 Å². The highest BCUT2D eigenvalue weighted by atomic mass is 35.5.